The first kappa shape index (κ1) is 13.5. The van der Waals surface area contributed by atoms with Crippen molar-refractivity contribution in [3.05, 3.63) is 26.4 Å². The lowest BCUT2D eigenvalue weighted by Crippen LogP contribution is -1.99. The molecule has 0 spiro atoms. The number of nitrogen functional groups attached to an aromatic ring is 1. The van der Waals surface area contributed by atoms with Crippen LogP contribution in [0.5, 0.6) is 0 Å². The molecule has 1 aliphatic rings. The molecule has 0 unspecified atom stereocenters. The van der Waals surface area contributed by atoms with E-state index in [9.17, 15) is 0 Å². The number of thiophene rings is 2. The summed E-state index contributed by atoms with van der Waals surface area (Å²) in [4.78, 5) is 6.91. The number of hydrogen-bond donors (Lipinski definition) is 1. The summed E-state index contributed by atoms with van der Waals surface area (Å²) in [5, 5.41) is 4.89. The van der Waals surface area contributed by atoms with E-state index >= 15 is 0 Å². The molecule has 1 aliphatic carbocycles. The molecule has 0 amide bonds. The highest BCUT2D eigenvalue weighted by Crippen LogP contribution is 2.42. The predicted octanol–water partition coefficient (Wildman–Crippen LogP) is 4.75. The van der Waals surface area contributed by atoms with Crippen LogP contribution in [0, 0.1) is 0 Å². The number of fused-ring (bicyclic) bond motifs is 1. The van der Waals surface area contributed by atoms with Gasteiger partial charge >= 0.3 is 0 Å². The van der Waals surface area contributed by atoms with E-state index in [2.05, 4.69) is 26.1 Å². The van der Waals surface area contributed by atoms with Crippen LogP contribution in [0.1, 0.15) is 23.3 Å². The van der Waals surface area contributed by atoms with Crippen molar-refractivity contribution in [2.24, 2.45) is 0 Å². The third kappa shape index (κ3) is 2.33. The van der Waals surface area contributed by atoms with Crippen molar-refractivity contribution >= 4 is 43.6 Å². The molecule has 0 aliphatic heterocycles. The van der Waals surface area contributed by atoms with Crippen LogP contribution in [0.25, 0.3) is 22.2 Å². The Morgan fingerprint density at radius 2 is 2.05 bits per heavy atom. The van der Waals surface area contributed by atoms with Crippen molar-refractivity contribution in [3.8, 4) is 22.2 Å². The molecule has 3 aromatic rings. The van der Waals surface area contributed by atoms with Gasteiger partial charge in [-0.05, 0) is 59.3 Å². The van der Waals surface area contributed by atoms with Crippen molar-refractivity contribution in [2.45, 2.75) is 25.7 Å². The van der Waals surface area contributed by atoms with Gasteiger partial charge in [0, 0.05) is 4.88 Å². The minimum Gasteiger partial charge on any atom is -0.390 e. The van der Waals surface area contributed by atoms with Crippen LogP contribution in [-0.4, -0.2) is 10.1 Å². The van der Waals surface area contributed by atoms with Gasteiger partial charge in [0.05, 0.1) is 19.2 Å². The molecule has 21 heavy (non-hydrogen) atoms. The van der Waals surface area contributed by atoms with E-state index in [0.717, 1.165) is 32.1 Å². The normalized spacial score (nSPS) is 14.3. The van der Waals surface area contributed by atoms with Gasteiger partial charge in [-0.25, -0.2) is 0 Å². The number of aryl methyl sites for hydroxylation is 1. The number of nitrogens with zero attached hydrogens (tertiary/aromatic N) is 2. The molecule has 108 valence electrons. The third-order valence-corrected chi connectivity index (χ3v) is 6.37. The van der Waals surface area contributed by atoms with Crippen molar-refractivity contribution in [1.82, 2.24) is 10.1 Å². The lowest BCUT2D eigenvalue weighted by Gasteiger charge is -2.10. The van der Waals surface area contributed by atoms with E-state index in [1.165, 1.54) is 23.3 Å². The van der Waals surface area contributed by atoms with E-state index < -0.39 is 0 Å². The monoisotopic (exact) mass is 381 g/mol. The summed E-state index contributed by atoms with van der Waals surface area (Å²) < 4.78 is 6.53. The van der Waals surface area contributed by atoms with Gasteiger partial charge in [0.15, 0.2) is 0 Å². The highest BCUT2D eigenvalue weighted by atomic mass is 79.9. The molecule has 0 fully saturated rings. The SMILES string of the molecule is Nc1sc2c(c1-c1nc(-c3ccc(Br)s3)no1)CCCC2. The number of halogens is 1. The zero-order valence-electron chi connectivity index (χ0n) is 11.1. The smallest absolute Gasteiger partial charge is 0.261 e. The van der Waals surface area contributed by atoms with Crippen LogP contribution in [0.4, 0.5) is 5.00 Å². The van der Waals surface area contributed by atoms with Crippen LogP contribution in [0.3, 0.4) is 0 Å². The first-order valence-electron chi connectivity index (χ1n) is 6.72. The molecule has 0 saturated carbocycles. The van der Waals surface area contributed by atoms with Crippen LogP contribution in [0.15, 0.2) is 20.4 Å². The second kappa shape index (κ2) is 5.23. The molecule has 7 heteroatoms. The average molecular weight is 382 g/mol. The van der Waals surface area contributed by atoms with E-state index in [1.54, 1.807) is 22.7 Å². The third-order valence-electron chi connectivity index (χ3n) is 3.63. The highest BCUT2D eigenvalue weighted by molar-refractivity contribution is 9.11. The molecule has 0 aromatic carbocycles. The predicted molar refractivity (Wildman–Crippen MR) is 89.7 cm³/mol. The van der Waals surface area contributed by atoms with E-state index in [-0.39, 0.29) is 0 Å². The summed E-state index contributed by atoms with van der Waals surface area (Å²) in [7, 11) is 0. The summed E-state index contributed by atoms with van der Waals surface area (Å²) in [6, 6.07) is 3.96. The first-order chi connectivity index (χ1) is 10.2. The van der Waals surface area contributed by atoms with Gasteiger partial charge in [-0.1, -0.05) is 5.16 Å². The fourth-order valence-electron chi connectivity index (χ4n) is 2.68. The minimum atomic E-state index is 0.548. The van der Waals surface area contributed by atoms with Crippen LogP contribution < -0.4 is 5.73 Å². The highest BCUT2D eigenvalue weighted by Gasteiger charge is 2.24. The Balaban J connectivity index is 1.78. The number of anilines is 1. The van der Waals surface area contributed by atoms with Crippen molar-refractivity contribution in [3.63, 3.8) is 0 Å². The van der Waals surface area contributed by atoms with Crippen LogP contribution >= 0.6 is 38.6 Å². The van der Waals surface area contributed by atoms with Crippen LogP contribution in [0.2, 0.25) is 0 Å². The summed E-state index contributed by atoms with van der Waals surface area (Å²) in [6.45, 7) is 0. The molecule has 2 N–H and O–H groups in total. The second-order valence-electron chi connectivity index (χ2n) is 4.98. The van der Waals surface area contributed by atoms with Gasteiger partial charge in [-0.15, -0.1) is 22.7 Å². The largest absolute Gasteiger partial charge is 0.390 e. The fourth-order valence-corrected chi connectivity index (χ4v) is 5.14. The Kier molecular flexibility index (Phi) is 3.35. The van der Waals surface area contributed by atoms with Gasteiger partial charge in [0.25, 0.3) is 5.89 Å². The topological polar surface area (TPSA) is 64.9 Å². The number of rotatable bonds is 2. The van der Waals surface area contributed by atoms with E-state index in [0.29, 0.717) is 11.7 Å². The second-order valence-corrected chi connectivity index (χ2v) is 8.58. The Morgan fingerprint density at radius 1 is 1.19 bits per heavy atom. The lowest BCUT2D eigenvalue weighted by molar-refractivity contribution is 0.432. The molecule has 4 nitrogen and oxygen atoms in total. The molecule has 3 heterocycles. The molecule has 0 saturated heterocycles. The van der Waals surface area contributed by atoms with Crippen LogP contribution in [-0.2, 0) is 12.8 Å². The number of hydrogen-bond acceptors (Lipinski definition) is 6. The quantitative estimate of drug-likeness (QED) is 0.695. The summed E-state index contributed by atoms with van der Waals surface area (Å²) in [6.07, 6.45) is 4.61. The number of nitrogens with two attached hydrogens (primary N) is 1. The molecule has 0 radical (unpaired) electrons. The first-order valence-corrected chi connectivity index (χ1v) is 9.15. The summed E-state index contributed by atoms with van der Waals surface area (Å²) in [5.74, 6) is 1.17. The van der Waals surface area contributed by atoms with Gasteiger partial charge in [0.1, 0.15) is 0 Å². The molecule has 3 aromatic heterocycles. The van der Waals surface area contributed by atoms with Crippen molar-refractivity contribution in [2.75, 3.05) is 5.73 Å². The van der Waals surface area contributed by atoms with Gasteiger partial charge in [-0.3, -0.25) is 0 Å². The maximum atomic E-state index is 6.19. The Hall–Kier alpha value is -1.18. The molecular weight excluding hydrogens is 370 g/mol. The standard InChI is InChI=1S/C14H12BrN3OS2/c15-10-6-5-9(20-10)13-17-14(19-18-13)11-7-3-1-2-4-8(7)21-12(11)16/h5-6H,1-4,16H2. The molecular formula is C14H12BrN3OS2. The maximum absolute atomic E-state index is 6.19. The van der Waals surface area contributed by atoms with Crippen molar-refractivity contribution < 1.29 is 4.52 Å². The maximum Gasteiger partial charge on any atom is 0.261 e. The Labute approximate surface area is 138 Å². The summed E-state index contributed by atoms with van der Waals surface area (Å²) in [5.41, 5.74) is 8.46. The molecule has 0 bridgehead atoms. The lowest BCUT2D eigenvalue weighted by atomic mass is 9.95. The van der Waals surface area contributed by atoms with E-state index in [4.69, 9.17) is 10.3 Å². The zero-order valence-corrected chi connectivity index (χ0v) is 14.3. The fraction of sp³-hybridized carbons (Fsp3) is 0.286. The zero-order chi connectivity index (χ0) is 14.4. The molecule has 0 atom stereocenters. The van der Waals surface area contributed by atoms with E-state index in [1.807, 2.05) is 12.1 Å². The van der Waals surface area contributed by atoms with Crippen molar-refractivity contribution in [1.29, 1.82) is 0 Å². The minimum absolute atomic E-state index is 0.548. The van der Waals surface area contributed by atoms with Gasteiger partial charge in [-0.2, -0.15) is 4.98 Å². The summed E-state index contributed by atoms with van der Waals surface area (Å²) >= 11 is 6.70. The van der Waals surface area contributed by atoms with Gasteiger partial charge in [0.2, 0.25) is 5.82 Å². The Morgan fingerprint density at radius 3 is 2.86 bits per heavy atom. The average Bonchev–Trinajstić information content (AvgIpc) is 3.15. The Bertz CT molecular complexity index is 805. The molecule has 4 rings (SSSR count). The van der Waals surface area contributed by atoms with Gasteiger partial charge < -0.3 is 10.3 Å². The number of aromatic nitrogens is 2.